The van der Waals surface area contributed by atoms with Gasteiger partial charge in [0.1, 0.15) is 5.82 Å². The second-order valence-electron chi connectivity index (χ2n) is 7.45. The number of carbonyl (C=O) groups excluding carboxylic acids is 1. The van der Waals surface area contributed by atoms with Crippen LogP contribution in [0.2, 0.25) is 0 Å². The van der Waals surface area contributed by atoms with Crippen molar-refractivity contribution in [2.75, 3.05) is 13.1 Å². The highest BCUT2D eigenvalue weighted by Gasteiger charge is 2.30. The Bertz CT molecular complexity index is 932. The molecule has 1 saturated heterocycles. The number of thiophene rings is 1. The minimum Gasteiger partial charge on any atom is -0.343 e. The number of nitrogens with one attached hydrogen (secondary N) is 1. The number of pyridine rings is 1. The van der Waals surface area contributed by atoms with E-state index in [4.69, 9.17) is 0 Å². The molecule has 1 N–H and O–H groups in total. The molecule has 3 aromatic rings. The first-order chi connectivity index (χ1) is 14.2. The third-order valence-corrected chi connectivity index (χ3v) is 6.22. The number of aromatic nitrogens is 1. The Morgan fingerprint density at radius 2 is 2.17 bits per heavy atom. The van der Waals surface area contributed by atoms with Gasteiger partial charge >= 0.3 is 0 Å². The molecule has 2 aromatic heterocycles. The first-order valence-corrected chi connectivity index (χ1v) is 10.8. The minimum absolute atomic E-state index is 0.0575. The second kappa shape index (κ2) is 9.29. The number of likely N-dealkylation sites (tertiary alicyclic amines) is 1. The van der Waals surface area contributed by atoms with Crippen molar-refractivity contribution in [1.82, 2.24) is 15.2 Å². The normalized spacial score (nSPS) is 18.3. The van der Waals surface area contributed by atoms with Crippen molar-refractivity contribution in [1.29, 1.82) is 0 Å². The van der Waals surface area contributed by atoms with Crippen LogP contribution in [-0.4, -0.2) is 28.9 Å². The first kappa shape index (κ1) is 19.7. The number of carbonyl (C=O) groups is 1. The predicted octanol–water partition coefficient (Wildman–Crippen LogP) is 4.67. The second-order valence-corrected chi connectivity index (χ2v) is 8.40. The molecule has 0 saturated carbocycles. The molecule has 0 unspecified atom stereocenters. The summed E-state index contributed by atoms with van der Waals surface area (Å²) in [4.78, 5) is 20.3. The average molecular weight is 410 g/mol. The summed E-state index contributed by atoms with van der Waals surface area (Å²) in [5.41, 5.74) is 1.86. The molecule has 0 spiro atoms. The van der Waals surface area contributed by atoms with Gasteiger partial charge in [0, 0.05) is 19.3 Å². The maximum absolute atomic E-state index is 13.6. The molecule has 1 fully saturated rings. The van der Waals surface area contributed by atoms with Crippen molar-refractivity contribution in [3.05, 3.63) is 88.1 Å². The number of hydrogen-bond acceptors (Lipinski definition) is 4. The molecule has 3 heterocycles. The van der Waals surface area contributed by atoms with Crippen molar-refractivity contribution in [3.63, 3.8) is 0 Å². The van der Waals surface area contributed by atoms with Gasteiger partial charge in [0.2, 0.25) is 0 Å². The summed E-state index contributed by atoms with van der Waals surface area (Å²) in [7, 11) is 0. The van der Waals surface area contributed by atoms with Gasteiger partial charge in [0.05, 0.1) is 16.6 Å². The molecule has 1 amide bonds. The van der Waals surface area contributed by atoms with E-state index in [0.717, 1.165) is 37.2 Å². The monoisotopic (exact) mass is 409 g/mol. The zero-order valence-electron chi connectivity index (χ0n) is 16.1. The molecule has 29 heavy (non-hydrogen) atoms. The van der Waals surface area contributed by atoms with E-state index in [1.165, 1.54) is 17.4 Å². The highest BCUT2D eigenvalue weighted by molar-refractivity contribution is 7.12. The Morgan fingerprint density at radius 3 is 2.93 bits per heavy atom. The SMILES string of the molecule is O=C(N[C@@H](c1ccccn1)[C@H]1CCCN(Cc2cccc(F)c2)C1)c1cccs1. The fraction of sp³-hybridized carbons (Fsp3) is 0.304. The van der Waals surface area contributed by atoms with Crippen molar-refractivity contribution >= 4 is 17.2 Å². The Morgan fingerprint density at radius 1 is 1.24 bits per heavy atom. The molecule has 6 heteroatoms. The zero-order chi connectivity index (χ0) is 20.1. The summed E-state index contributed by atoms with van der Waals surface area (Å²) in [6.45, 7) is 2.52. The lowest BCUT2D eigenvalue weighted by Gasteiger charge is -2.37. The van der Waals surface area contributed by atoms with Gasteiger partial charge < -0.3 is 5.32 Å². The quantitative estimate of drug-likeness (QED) is 0.644. The highest BCUT2D eigenvalue weighted by Crippen LogP contribution is 2.30. The van der Waals surface area contributed by atoms with Crippen LogP contribution in [0, 0.1) is 11.7 Å². The van der Waals surface area contributed by atoms with E-state index < -0.39 is 0 Å². The minimum atomic E-state index is -0.203. The van der Waals surface area contributed by atoms with Gasteiger partial charge in [-0.25, -0.2) is 4.39 Å². The van der Waals surface area contributed by atoms with E-state index in [9.17, 15) is 9.18 Å². The fourth-order valence-corrected chi connectivity index (χ4v) is 4.64. The topological polar surface area (TPSA) is 45.2 Å². The number of nitrogens with zero attached hydrogens (tertiary/aromatic N) is 2. The molecule has 1 aromatic carbocycles. The van der Waals surface area contributed by atoms with Gasteiger partial charge in [0.15, 0.2) is 0 Å². The van der Waals surface area contributed by atoms with Crippen molar-refractivity contribution in [2.24, 2.45) is 5.92 Å². The van der Waals surface area contributed by atoms with Crippen LogP contribution in [-0.2, 0) is 6.54 Å². The highest BCUT2D eigenvalue weighted by atomic mass is 32.1. The zero-order valence-corrected chi connectivity index (χ0v) is 16.9. The van der Waals surface area contributed by atoms with E-state index in [2.05, 4.69) is 15.2 Å². The van der Waals surface area contributed by atoms with Crippen LogP contribution < -0.4 is 5.32 Å². The predicted molar refractivity (Wildman–Crippen MR) is 113 cm³/mol. The van der Waals surface area contributed by atoms with E-state index in [-0.39, 0.29) is 23.7 Å². The lowest BCUT2D eigenvalue weighted by molar-refractivity contribution is 0.0879. The van der Waals surface area contributed by atoms with Crippen molar-refractivity contribution in [3.8, 4) is 0 Å². The van der Waals surface area contributed by atoms with E-state index >= 15 is 0 Å². The van der Waals surface area contributed by atoms with Crippen molar-refractivity contribution in [2.45, 2.75) is 25.4 Å². The molecule has 0 aliphatic carbocycles. The molecular formula is C23H24FN3OS. The summed E-state index contributed by atoms with van der Waals surface area (Å²) < 4.78 is 13.6. The molecular weight excluding hydrogens is 385 g/mol. The standard InChI is InChI=1S/C23H24FN3OS/c24-19-8-3-6-17(14-19)15-27-12-4-7-18(16-27)22(20-9-1-2-11-25-20)26-23(28)21-10-5-13-29-21/h1-3,5-6,8-11,13-14,18,22H,4,7,12,15-16H2,(H,26,28)/t18-,22+/m0/s1. The lowest BCUT2D eigenvalue weighted by Crippen LogP contribution is -2.43. The van der Waals surface area contributed by atoms with Crippen LogP contribution in [0.15, 0.2) is 66.2 Å². The molecule has 150 valence electrons. The summed E-state index contributed by atoms with van der Waals surface area (Å²) in [5.74, 6) is -0.0142. The van der Waals surface area contributed by atoms with Gasteiger partial charge in [-0.05, 0) is 66.6 Å². The molecule has 4 rings (SSSR count). The number of hydrogen-bond donors (Lipinski definition) is 1. The maximum Gasteiger partial charge on any atom is 0.261 e. The summed E-state index contributed by atoms with van der Waals surface area (Å²) in [5, 5.41) is 5.13. The summed E-state index contributed by atoms with van der Waals surface area (Å²) in [6, 6.07) is 16.2. The number of halogens is 1. The number of amides is 1. The van der Waals surface area contributed by atoms with E-state index in [0.29, 0.717) is 11.4 Å². The third-order valence-electron chi connectivity index (χ3n) is 5.35. The van der Waals surface area contributed by atoms with Crippen LogP contribution in [0.5, 0.6) is 0 Å². The van der Waals surface area contributed by atoms with Crippen LogP contribution >= 0.6 is 11.3 Å². The number of benzene rings is 1. The molecule has 2 atom stereocenters. The molecule has 0 radical (unpaired) electrons. The van der Waals surface area contributed by atoms with Gasteiger partial charge in [-0.1, -0.05) is 24.3 Å². The summed E-state index contributed by atoms with van der Waals surface area (Å²) >= 11 is 1.44. The van der Waals surface area contributed by atoms with E-state index in [1.807, 2.05) is 41.8 Å². The lowest BCUT2D eigenvalue weighted by atomic mass is 9.88. The summed E-state index contributed by atoms with van der Waals surface area (Å²) in [6.07, 6.45) is 3.83. The molecule has 1 aliphatic heterocycles. The van der Waals surface area contributed by atoms with Crippen LogP contribution in [0.3, 0.4) is 0 Å². The molecule has 4 nitrogen and oxygen atoms in total. The van der Waals surface area contributed by atoms with Gasteiger partial charge in [-0.2, -0.15) is 0 Å². The smallest absolute Gasteiger partial charge is 0.261 e. The van der Waals surface area contributed by atoms with E-state index in [1.54, 1.807) is 18.3 Å². The van der Waals surface area contributed by atoms with Crippen LogP contribution in [0.1, 0.15) is 39.8 Å². The average Bonchev–Trinajstić information content (AvgIpc) is 3.28. The van der Waals surface area contributed by atoms with Gasteiger partial charge in [-0.3, -0.25) is 14.7 Å². The van der Waals surface area contributed by atoms with Gasteiger partial charge in [-0.15, -0.1) is 11.3 Å². The van der Waals surface area contributed by atoms with Crippen LogP contribution in [0.4, 0.5) is 4.39 Å². The maximum atomic E-state index is 13.6. The van der Waals surface area contributed by atoms with Gasteiger partial charge in [0.25, 0.3) is 5.91 Å². The fourth-order valence-electron chi connectivity index (χ4n) is 4.01. The third kappa shape index (κ3) is 5.08. The number of rotatable bonds is 6. The Balaban J connectivity index is 1.51. The Kier molecular flexibility index (Phi) is 6.32. The Labute approximate surface area is 174 Å². The van der Waals surface area contributed by atoms with Crippen LogP contribution in [0.25, 0.3) is 0 Å². The molecule has 0 bridgehead atoms. The molecule has 1 aliphatic rings. The largest absolute Gasteiger partial charge is 0.343 e. The number of piperidine rings is 1. The van der Waals surface area contributed by atoms with Crippen molar-refractivity contribution < 1.29 is 9.18 Å². The Hall–Kier alpha value is -2.57. The first-order valence-electron chi connectivity index (χ1n) is 9.91.